The van der Waals surface area contributed by atoms with Crippen molar-refractivity contribution in [2.45, 2.75) is 70.5 Å². The van der Waals surface area contributed by atoms with E-state index in [0.717, 1.165) is 94.7 Å². The molecule has 69 heavy (non-hydrogen) atoms. The third kappa shape index (κ3) is 11.7. The normalized spacial score (nSPS) is 17.8. The number of amides is 4. The van der Waals surface area contributed by atoms with Gasteiger partial charge >= 0.3 is 0 Å². The van der Waals surface area contributed by atoms with Crippen LogP contribution in [-0.2, 0) is 25.5 Å². The van der Waals surface area contributed by atoms with Crippen molar-refractivity contribution in [3.05, 3.63) is 82.5 Å². The summed E-state index contributed by atoms with van der Waals surface area (Å²) in [5.41, 5.74) is 4.81. The molecule has 4 aliphatic rings. The highest BCUT2D eigenvalue weighted by molar-refractivity contribution is 7.70. The summed E-state index contributed by atoms with van der Waals surface area (Å²) >= 11 is 6.54. The number of piperazine rings is 1. The molecular formula is C51H58ClN10O6P. The van der Waals surface area contributed by atoms with E-state index in [0.29, 0.717) is 58.5 Å². The number of nitrogens with zero attached hydrogens (tertiary/aromatic N) is 6. The summed E-state index contributed by atoms with van der Waals surface area (Å²) in [7, 11) is -1.02. The second-order valence-corrected chi connectivity index (χ2v) is 21.6. The number of carbonyl (C=O) groups excluding carboxylic acids is 4. The van der Waals surface area contributed by atoms with E-state index in [1.165, 1.54) is 6.20 Å². The lowest BCUT2D eigenvalue weighted by atomic mass is 10.0. The molecule has 0 bridgehead atoms. The van der Waals surface area contributed by atoms with E-state index in [4.69, 9.17) is 16.3 Å². The lowest BCUT2D eigenvalue weighted by Crippen LogP contribution is -2.53. The van der Waals surface area contributed by atoms with Gasteiger partial charge in [0.05, 0.1) is 36.1 Å². The molecule has 5 heterocycles. The lowest BCUT2D eigenvalue weighted by Gasteiger charge is -2.43. The predicted molar refractivity (Wildman–Crippen MR) is 271 cm³/mol. The van der Waals surface area contributed by atoms with E-state index < -0.39 is 25.0 Å². The van der Waals surface area contributed by atoms with Gasteiger partial charge in [-0.1, -0.05) is 47.6 Å². The van der Waals surface area contributed by atoms with E-state index in [1.807, 2.05) is 48.5 Å². The van der Waals surface area contributed by atoms with Crippen LogP contribution < -0.4 is 36.2 Å². The number of piperidine rings is 2. The molecule has 1 atom stereocenters. The molecule has 4 aromatic rings. The number of anilines is 6. The van der Waals surface area contributed by atoms with Gasteiger partial charge in [-0.15, -0.1) is 0 Å². The zero-order valence-corrected chi connectivity index (χ0v) is 41.1. The second kappa shape index (κ2) is 21.9. The maximum absolute atomic E-state index is 13.2. The Hall–Kier alpha value is -6.42. The number of aromatic nitrogens is 2. The van der Waals surface area contributed by atoms with Gasteiger partial charge in [-0.2, -0.15) is 4.98 Å². The highest BCUT2D eigenvalue weighted by atomic mass is 35.5. The number of imide groups is 1. The average molecular weight is 974 g/mol. The number of methoxy groups -OCH3 is 1. The fourth-order valence-corrected chi connectivity index (χ4v) is 10.8. The minimum atomic E-state index is -2.61. The second-order valence-electron chi connectivity index (χ2n) is 18.0. The molecule has 0 aliphatic carbocycles. The van der Waals surface area contributed by atoms with Crippen molar-refractivity contribution in [2.24, 2.45) is 0 Å². The fraction of sp³-hybridized carbons (Fsp3) is 0.412. The number of unbranched alkanes of at least 4 members (excludes halogenated alkanes) is 2. The SMILES string of the molecule is CC#CC(=O)Nc1cc(Nc2ncc(Cl)c(Nc3ccccc3P(C)(C)=O)n2)c(OC)cc1N1CCC(N2CCN(CCCCC#Cc3cccc4c3CN(C3CCC(=O)NC3=O)C4=O)CC2)CC1. The van der Waals surface area contributed by atoms with E-state index in [2.05, 4.69) is 69.6 Å². The molecule has 0 saturated carbocycles. The Kier molecular flexibility index (Phi) is 15.6. The highest BCUT2D eigenvalue weighted by Gasteiger charge is 2.40. The number of para-hydroxylation sites is 1. The van der Waals surface area contributed by atoms with Crippen LogP contribution in [0.25, 0.3) is 0 Å². The van der Waals surface area contributed by atoms with Gasteiger partial charge in [-0.3, -0.25) is 29.4 Å². The minimum absolute atomic E-state index is 0.187. The number of fused-ring (bicyclic) bond motifs is 1. The van der Waals surface area contributed by atoms with Crippen molar-refractivity contribution in [1.82, 2.24) is 30.0 Å². The lowest BCUT2D eigenvalue weighted by molar-refractivity contribution is -0.137. The predicted octanol–water partition coefficient (Wildman–Crippen LogP) is 6.41. The summed E-state index contributed by atoms with van der Waals surface area (Å²) in [6.07, 6.45) is 6.76. The Morgan fingerprint density at radius 2 is 1.72 bits per heavy atom. The smallest absolute Gasteiger partial charge is 0.300 e. The van der Waals surface area contributed by atoms with Crippen molar-refractivity contribution < 1.29 is 28.5 Å². The van der Waals surface area contributed by atoms with E-state index in [9.17, 15) is 23.7 Å². The monoisotopic (exact) mass is 972 g/mol. The van der Waals surface area contributed by atoms with E-state index in [-0.39, 0.29) is 29.2 Å². The van der Waals surface area contributed by atoms with Crippen LogP contribution in [0.5, 0.6) is 5.75 Å². The van der Waals surface area contributed by atoms with Crippen LogP contribution in [0.1, 0.15) is 73.4 Å². The van der Waals surface area contributed by atoms with Gasteiger partial charge in [0, 0.05) is 87.2 Å². The number of halogens is 1. The molecule has 0 spiro atoms. The Bertz CT molecular complexity index is 2800. The molecule has 4 aliphatic heterocycles. The molecule has 1 unspecified atom stereocenters. The quantitative estimate of drug-likeness (QED) is 0.0472. The van der Waals surface area contributed by atoms with Crippen molar-refractivity contribution in [3.63, 3.8) is 0 Å². The summed E-state index contributed by atoms with van der Waals surface area (Å²) in [6, 6.07) is 16.4. The van der Waals surface area contributed by atoms with Crippen LogP contribution in [0.15, 0.2) is 60.8 Å². The van der Waals surface area contributed by atoms with Gasteiger partial charge in [0.25, 0.3) is 11.8 Å². The van der Waals surface area contributed by atoms with E-state index in [1.54, 1.807) is 38.3 Å². The topological polar surface area (TPSA) is 181 Å². The van der Waals surface area contributed by atoms with E-state index >= 15 is 0 Å². The average Bonchev–Trinajstić information content (AvgIpc) is 3.67. The molecule has 3 saturated heterocycles. The Morgan fingerprint density at radius 3 is 2.46 bits per heavy atom. The zero-order chi connectivity index (χ0) is 48.7. The van der Waals surface area contributed by atoms with Gasteiger partial charge < -0.3 is 40.0 Å². The van der Waals surface area contributed by atoms with Crippen LogP contribution in [-0.4, -0.2) is 127 Å². The fourth-order valence-electron chi connectivity index (χ4n) is 9.51. The summed E-state index contributed by atoms with van der Waals surface area (Å²) in [5, 5.41) is 12.8. The number of benzene rings is 3. The summed E-state index contributed by atoms with van der Waals surface area (Å²) in [5.74, 6) is 11.7. The first-order valence-electron chi connectivity index (χ1n) is 23.4. The third-order valence-corrected chi connectivity index (χ3v) is 14.9. The van der Waals surface area contributed by atoms with Crippen LogP contribution in [0.3, 0.4) is 0 Å². The Labute approximate surface area is 408 Å². The Balaban J connectivity index is 0.830. The first-order chi connectivity index (χ1) is 33.3. The van der Waals surface area contributed by atoms with Crippen molar-refractivity contribution in [1.29, 1.82) is 0 Å². The van der Waals surface area contributed by atoms with Gasteiger partial charge in [-0.25, -0.2) is 4.98 Å². The van der Waals surface area contributed by atoms with Crippen molar-refractivity contribution in [3.8, 4) is 29.4 Å². The number of ether oxygens (including phenoxy) is 1. The van der Waals surface area contributed by atoms with Crippen LogP contribution in [0.2, 0.25) is 5.02 Å². The number of hydrogen-bond donors (Lipinski definition) is 4. The van der Waals surface area contributed by atoms with Crippen LogP contribution in [0.4, 0.5) is 34.5 Å². The summed E-state index contributed by atoms with van der Waals surface area (Å²) in [4.78, 5) is 68.3. The van der Waals surface area contributed by atoms with Crippen LogP contribution in [0, 0.1) is 23.7 Å². The van der Waals surface area contributed by atoms with Gasteiger partial charge in [0.15, 0.2) is 5.82 Å². The first kappa shape index (κ1) is 49.0. The first-order valence-corrected chi connectivity index (χ1v) is 26.4. The third-order valence-electron chi connectivity index (χ3n) is 13.1. The van der Waals surface area contributed by atoms with Crippen LogP contribution >= 0.6 is 18.7 Å². The molecule has 16 nitrogen and oxygen atoms in total. The van der Waals surface area contributed by atoms with Gasteiger partial charge in [-0.05, 0) is 101 Å². The standard InChI is InChI=1S/C51H58ClN10O6P/c1-5-13-46(63)54-40-30-41(56-51-53-32-38(52)48(58-51)55-39-17-9-10-18-45(39)69(3,4)67)44(68-2)31-43(40)61-24-21-35(22-25-61)60-28-26-59(27-29-60)23-11-7-6-8-14-34-15-12-16-36-37(34)33-62(50(36)66)42-19-20-47(64)57-49(42)65/h9-10,12,15-18,30-32,35,42H,6-7,11,19-29,33H2,1-4H3,(H,54,63)(H,57,64,65)(H2,53,55,56,58). The maximum Gasteiger partial charge on any atom is 0.300 e. The number of nitrogens with one attached hydrogen (secondary N) is 4. The molecule has 3 aromatic carbocycles. The molecule has 0 radical (unpaired) electrons. The molecule has 4 N–H and O–H groups in total. The van der Waals surface area contributed by atoms with Gasteiger partial charge in [0.1, 0.15) is 24.0 Å². The molecule has 360 valence electrons. The summed E-state index contributed by atoms with van der Waals surface area (Å²) < 4.78 is 18.9. The molecule has 3 fully saturated rings. The number of carbonyl (C=O) groups is 4. The number of hydrogen-bond acceptors (Lipinski definition) is 13. The Morgan fingerprint density at radius 1 is 0.942 bits per heavy atom. The number of rotatable bonds is 14. The minimum Gasteiger partial charge on any atom is -0.494 e. The molecule has 8 rings (SSSR count). The summed E-state index contributed by atoms with van der Waals surface area (Å²) in [6.45, 7) is 12.0. The van der Waals surface area contributed by atoms with Crippen molar-refractivity contribution in [2.75, 3.05) is 87.1 Å². The maximum atomic E-state index is 13.2. The van der Waals surface area contributed by atoms with Gasteiger partial charge in [0.2, 0.25) is 17.8 Å². The molecule has 1 aromatic heterocycles. The highest BCUT2D eigenvalue weighted by Crippen LogP contribution is 2.41. The zero-order valence-electron chi connectivity index (χ0n) is 39.5. The van der Waals surface area contributed by atoms with Crippen molar-refractivity contribution >= 4 is 82.2 Å². The largest absolute Gasteiger partial charge is 0.494 e. The molecule has 4 amide bonds. The molecule has 18 heteroatoms. The molecular weight excluding hydrogens is 915 g/mol.